The van der Waals surface area contributed by atoms with Gasteiger partial charge in [0.15, 0.2) is 5.78 Å². The first-order valence-electron chi connectivity index (χ1n) is 11.1. The van der Waals surface area contributed by atoms with E-state index in [0.29, 0.717) is 42.3 Å². The molecule has 188 valence electrons. The third kappa shape index (κ3) is 6.68. The van der Waals surface area contributed by atoms with Crippen molar-refractivity contribution >= 4 is 27.9 Å². The molecule has 0 saturated carbocycles. The average molecular weight is 504 g/mol. The lowest BCUT2D eigenvalue weighted by Gasteiger charge is -2.26. The van der Waals surface area contributed by atoms with E-state index in [0.717, 1.165) is 0 Å². The molecule has 2 aromatic carbocycles. The maximum Gasteiger partial charge on any atom is 0.331 e. The maximum absolute atomic E-state index is 13.1. The summed E-state index contributed by atoms with van der Waals surface area (Å²) in [5.41, 5.74) is 1.55. The third-order valence-corrected chi connectivity index (χ3v) is 7.24. The van der Waals surface area contributed by atoms with Crippen LogP contribution >= 0.6 is 0 Å². The molecule has 1 saturated heterocycles. The Kier molecular flexibility index (Phi) is 9.02. The highest BCUT2D eigenvalue weighted by atomic mass is 32.2. The van der Waals surface area contributed by atoms with Crippen LogP contribution < -0.4 is 9.47 Å². The molecular weight excluding hydrogens is 474 g/mol. The molecule has 1 aliphatic heterocycles. The molecule has 1 fully saturated rings. The van der Waals surface area contributed by atoms with Crippen LogP contribution in [0.3, 0.4) is 0 Å². The van der Waals surface area contributed by atoms with Crippen LogP contribution in [0.5, 0.6) is 11.5 Å². The first kappa shape index (κ1) is 26.4. The monoisotopic (exact) mass is 503 g/mol. The minimum absolute atomic E-state index is 0.0137. The standard InChI is InChI=1S/C25H29NO8S/c1-4-33-22-9-7-20(18(2)27)16-21(22)17-34-25(28)10-6-19-5-8-23(31-3)24(15-19)35(29,30)26-11-13-32-14-12-26/h5-10,15-16H,4,11-14,17H2,1-3H3/b10-6+. The largest absolute Gasteiger partial charge is 0.495 e. The lowest BCUT2D eigenvalue weighted by molar-refractivity contribution is -0.138. The van der Waals surface area contributed by atoms with Crippen molar-refractivity contribution in [3.63, 3.8) is 0 Å². The predicted octanol–water partition coefficient (Wildman–Crippen LogP) is 3.07. The summed E-state index contributed by atoms with van der Waals surface area (Å²) in [6.45, 7) is 4.79. The van der Waals surface area contributed by atoms with E-state index >= 15 is 0 Å². The Morgan fingerprint density at radius 3 is 2.46 bits per heavy atom. The number of benzene rings is 2. The summed E-state index contributed by atoms with van der Waals surface area (Å²) in [5, 5.41) is 0. The van der Waals surface area contributed by atoms with Crippen molar-refractivity contribution in [1.29, 1.82) is 0 Å². The van der Waals surface area contributed by atoms with Crippen LogP contribution in [-0.2, 0) is 30.9 Å². The minimum Gasteiger partial charge on any atom is -0.495 e. The lowest BCUT2D eigenvalue weighted by atomic mass is 10.1. The molecule has 3 rings (SSSR count). The molecule has 35 heavy (non-hydrogen) atoms. The Bertz CT molecular complexity index is 1200. The van der Waals surface area contributed by atoms with E-state index in [4.69, 9.17) is 18.9 Å². The number of Topliss-reactive ketones (excluding diaryl/α,β-unsaturated/α-hetero) is 1. The molecule has 0 aliphatic carbocycles. The van der Waals surface area contributed by atoms with Gasteiger partial charge in [0.05, 0.1) is 26.9 Å². The minimum atomic E-state index is -3.80. The van der Waals surface area contributed by atoms with Crippen LogP contribution in [0.4, 0.5) is 0 Å². The van der Waals surface area contributed by atoms with Gasteiger partial charge in [-0.2, -0.15) is 4.31 Å². The van der Waals surface area contributed by atoms with Gasteiger partial charge in [0, 0.05) is 30.3 Å². The molecule has 9 nitrogen and oxygen atoms in total. The van der Waals surface area contributed by atoms with Gasteiger partial charge < -0.3 is 18.9 Å². The third-order valence-electron chi connectivity index (χ3n) is 5.32. The fourth-order valence-corrected chi connectivity index (χ4v) is 5.09. The molecule has 2 aromatic rings. The summed E-state index contributed by atoms with van der Waals surface area (Å²) in [5.74, 6) is 0.00404. The van der Waals surface area contributed by atoms with Crippen LogP contribution in [0.1, 0.15) is 35.3 Å². The second kappa shape index (κ2) is 12.0. The number of ether oxygens (including phenoxy) is 4. The summed E-state index contributed by atoms with van der Waals surface area (Å²) in [6.07, 6.45) is 2.68. The van der Waals surface area contributed by atoms with E-state index in [1.54, 1.807) is 30.3 Å². The average Bonchev–Trinajstić information content (AvgIpc) is 2.87. The zero-order chi connectivity index (χ0) is 25.4. The lowest BCUT2D eigenvalue weighted by Crippen LogP contribution is -2.40. The Balaban J connectivity index is 1.74. The Labute approximate surface area is 205 Å². The number of carbonyl (C=O) groups is 2. The van der Waals surface area contributed by atoms with Crippen molar-refractivity contribution in [3.05, 3.63) is 59.2 Å². The van der Waals surface area contributed by atoms with E-state index in [1.165, 1.54) is 36.6 Å². The highest BCUT2D eigenvalue weighted by Crippen LogP contribution is 2.29. The molecule has 1 aliphatic rings. The Hall–Kier alpha value is -3.21. The quantitative estimate of drug-likeness (QED) is 0.277. The smallest absolute Gasteiger partial charge is 0.331 e. The molecular formula is C25H29NO8S. The number of nitrogens with zero attached hydrogens (tertiary/aromatic N) is 1. The number of ketones is 1. The van der Waals surface area contributed by atoms with Crippen LogP contribution in [0, 0.1) is 0 Å². The van der Waals surface area contributed by atoms with E-state index in [1.807, 2.05) is 6.92 Å². The van der Waals surface area contributed by atoms with Crippen LogP contribution in [0.15, 0.2) is 47.4 Å². The molecule has 0 spiro atoms. The molecule has 0 bridgehead atoms. The van der Waals surface area contributed by atoms with Crippen molar-refractivity contribution in [2.45, 2.75) is 25.3 Å². The highest BCUT2D eigenvalue weighted by Gasteiger charge is 2.29. The normalized spacial score (nSPS) is 14.6. The van der Waals surface area contributed by atoms with E-state index in [9.17, 15) is 18.0 Å². The summed E-state index contributed by atoms with van der Waals surface area (Å²) in [4.78, 5) is 24.1. The Morgan fingerprint density at radius 1 is 1.09 bits per heavy atom. The highest BCUT2D eigenvalue weighted by molar-refractivity contribution is 7.89. The molecule has 10 heteroatoms. The Morgan fingerprint density at radius 2 is 1.80 bits per heavy atom. The van der Waals surface area contributed by atoms with Crippen LogP contribution in [0.2, 0.25) is 0 Å². The van der Waals surface area contributed by atoms with Gasteiger partial charge in [0.1, 0.15) is 23.0 Å². The summed E-state index contributed by atoms with van der Waals surface area (Å²) < 4.78 is 49.0. The molecule has 0 aromatic heterocycles. The SMILES string of the molecule is CCOc1ccc(C(C)=O)cc1COC(=O)/C=C/c1ccc(OC)c(S(=O)(=O)N2CCOCC2)c1. The molecule has 0 radical (unpaired) electrons. The number of sulfonamides is 1. The number of hydrogen-bond acceptors (Lipinski definition) is 8. The van der Waals surface area contributed by atoms with E-state index in [-0.39, 0.29) is 36.1 Å². The number of hydrogen-bond donors (Lipinski definition) is 0. The van der Waals surface area contributed by atoms with Gasteiger partial charge in [0.25, 0.3) is 0 Å². The van der Waals surface area contributed by atoms with Crippen molar-refractivity contribution < 1.29 is 37.0 Å². The van der Waals surface area contributed by atoms with Crippen LogP contribution in [0.25, 0.3) is 6.08 Å². The fraction of sp³-hybridized carbons (Fsp3) is 0.360. The van der Waals surface area contributed by atoms with Gasteiger partial charge in [-0.05, 0) is 55.8 Å². The van der Waals surface area contributed by atoms with Gasteiger partial charge in [-0.1, -0.05) is 6.07 Å². The van der Waals surface area contributed by atoms with Crippen molar-refractivity contribution in [2.24, 2.45) is 0 Å². The second-order valence-corrected chi connectivity index (χ2v) is 9.59. The van der Waals surface area contributed by atoms with Gasteiger partial charge in [0.2, 0.25) is 10.0 Å². The molecule has 0 amide bonds. The maximum atomic E-state index is 13.1. The summed E-state index contributed by atoms with van der Waals surface area (Å²) in [7, 11) is -2.40. The number of esters is 1. The van der Waals surface area contributed by atoms with Gasteiger partial charge in [-0.25, -0.2) is 13.2 Å². The fourth-order valence-electron chi connectivity index (χ4n) is 3.49. The van der Waals surface area contributed by atoms with E-state index < -0.39 is 16.0 Å². The molecule has 0 unspecified atom stereocenters. The van der Waals surface area contributed by atoms with Crippen molar-refractivity contribution in [1.82, 2.24) is 4.31 Å². The summed E-state index contributed by atoms with van der Waals surface area (Å²) in [6, 6.07) is 9.61. The number of morpholine rings is 1. The molecule has 0 N–H and O–H groups in total. The second-order valence-electron chi connectivity index (χ2n) is 7.68. The van der Waals surface area contributed by atoms with Crippen molar-refractivity contribution in [3.8, 4) is 11.5 Å². The zero-order valence-electron chi connectivity index (χ0n) is 20.0. The van der Waals surface area contributed by atoms with Crippen LogP contribution in [-0.4, -0.2) is 64.5 Å². The number of rotatable bonds is 10. The van der Waals surface area contributed by atoms with E-state index in [2.05, 4.69) is 0 Å². The van der Waals surface area contributed by atoms with Gasteiger partial charge in [-0.15, -0.1) is 0 Å². The van der Waals surface area contributed by atoms with Crippen molar-refractivity contribution in [2.75, 3.05) is 40.0 Å². The summed E-state index contributed by atoms with van der Waals surface area (Å²) >= 11 is 0. The first-order chi connectivity index (χ1) is 16.8. The van der Waals surface area contributed by atoms with Gasteiger partial charge >= 0.3 is 5.97 Å². The zero-order valence-corrected chi connectivity index (χ0v) is 20.8. The first-order valence-corrected chi connectivity index (χ1v) is 12.6. The number of carbonyl (C=O) groups excluding carboxylic acids is 2. The molecule has 1 heterocycles. The number of methoxy groups -OCH3 is 1. The predicted molar refractivity (Wildman–Crippen MR) is 129 cm³/mol. The molecule has 0 atom stereocenters. The topological polar surface area (TPSA) is 108 Å². The van der Waals surface area contributed by atoms with Gasteiger partial charge in [-0.3, -0.25) is 4.79 Å².